The van der Waals surface area contributed by atoms with E-state index in [1.54, 1.807) is 6.92 Å². The molecular formula is C9H14O2. The number of ketones is 1. The maximum absolute atomic E-state index is 11.1. The SMILES string of the molecule is CCC1CC=CC(=O)C1(C)O. The summed E-state index contributed by atoms with van der Waals surface area (Å²) in [4.78, 5) is 11.1. The fraction of sp³-hybridized carbons (Fsp3) is 0.667. The summed E-state index contributed by atoms with van der Waals surface area (Å²) in [5, 5.41) is 9.70. The van der Waals surface area contributed by atoms with Gasteiger partial charge in [0, 0.05) is 0 Å². The van der Waals surface area contributed by atoms with Crippen LogP contribution < -0.4 is 0 Å². The Morgan fingerprint density at radius 1 is 1.82 bits per heavy atom. The van der Waals surface area contributed by atoms with Crippen LogP contribution in [-0.2, 0) is 4.79 Å². The van der Waals surface area contributed by atoms with Crippen molar-refractivity contribution in [2.24, 2.45) is 5.92 Å². The van der Waals surface area contributed by atoms with Crippen molar-refractivity contribution in [1.82, 2.24) is 0 Å². The van der Waals surface area contributed by atoms with E-state index in [0.29, 0.717) is 0 Å². The zero-order chi connectivity index (χ0) is 8.48. The first kappa shape index (κ1) is 8.47. The van der Waals surface area contributed by atoms with E-state index in [0.717, 1.165) is 12.8 Å². The van der Waals surface area contributed by atoms with Crippen molar-refractivity contribution in [2.45, 2.75) is 32.3 Å². The fourth-order valence-electron chi connectivity index (χ4n) is 1.50. The lowest BCUT2D eigenvalue weighted by Gasteiger charge is -2.31. The third-order valence-electron chi connectivity index (χ3n) is 2.48. The van der Waals surface area contributed by atoms with Crippen LogP contribution in [0.2, 0.25) is 0 Å². The first-order valence-electron chi connectivity index (χ1n) is 4.02. The third-order valence-corrected chi connectivity index (χ3v) is 2.48. The molecule has 11 heavy (non-hydrogen) atoms. The molecule has 0 spiro atoms. The lowest BCUT2D eigenvalue weighted by Crippen LogP contribution is -2.43. The van der Waals surface area contributed by atoms with Gasteiger partial charge in [0.2, 0.25) is 0 Å². The zero-order valence-corrected chi connectivity index (χ0v) is 7.00. The van der Waals surface area contributed by atoms with E-state index in [4.69, 9.17) is 0 Å². The van der Waals surface area contributed by atoms with E-state index < -0.39 is 5.60 Å². The molecule has 2 heteroatoms. The van der Waals surface area contributed by atoms with Gasteiger partial charge in [-0.15, -0.1) is 0 Å². The van der Waals surface area contributed by atoms with E-state index in [-0.39, 0.29) is 11.7 Å². The van der Waals surface area contributed by atoms with Gasteiger partial charge >= 0.3 is 0 Å². The Morgan fingerprint density at radius 3 is 2.91 bits per heavy atom. The molecule has 0 aromatic heterocycles. The van der Waals surface area contributed by atoms with Gasteiger partial charge in [0.1, 0.15) is 5.60 Å². The second-order valence-electron chi connectivity index (χ2n) is 3.26. The monoisotopic (exact) mass is 154 g/mol. The standard InChI is InChI=1S/C9H14O2/c1-3-7-5-4-6-8(10)9(7,2)11/h4,6-7,11H,3,5H2,1-2H3. The second-order valence-corrected chi connectivity index (χ2v) is 3.26. The molecule has 0 radical (unpaired) electrons. The Morgan fingerprint density at radius 2 is 2.45 bits per heavy atom. The number of carbonyl (C=O) groups excluding carboxylic acids is 1. The van der Waals surface area contributed by atoms with Crippen molar-refractivity contribution in [1.29, 1.82) is 0 Å². The highest BCUT2D eigenvalue weighted by atomic mass is 16.3. The maximum Gasteiger partial charge on any atom is 0.186 e. The molecule has 2 unspecified atom stereocenters. The maximum atomic E-state index is 11.1. The van der Waals surface area contributed by atoms with Gasteiger partial charge in [0.15, 0.2) is 5.78 Å². The Hall–Kier alpha value is -0.630. The van der Waals surface area contributed by atoms with Crippen LogP contribution in [0.4, 0.5) is 0 Å². The minimum atomic E-state index is -1.12. The molecule has 0 aromatic rings. The molecule has 0 amide bonds. The highest BCUT2D eigenvalue weighted by Crippen LogP contribution is 2.29. The molecule has 2 atom stereocenters. The van der Waals surface area contributed by atoms with Gasteiger partial charge in [-0.2, -0.15) is 0 Å². The second kappa shape index (κ2) is 2.78. The van der Waals surface area contributed by atoms with Crippen molar-refractivity contribution in [2.75, 3.05) is 0 Å². The van der Waals surface area contributed by atoms with Crippen LogP contribution in [0.1, 0.15) is 26.7 Å². The van der Waals surface area contributed by atoms with Crippen molar-refractivity contribution in [3.63, 3.8) is 0 Å². The molecule has 1 rings (SSSR count). The minimum absolute atomic E-state index is 0.0972. The van der Waals surface area contributed by atoms with Crippen LogP contribution in [-0.4, -0.2) is 16.5 Å². The molecule has 0 saturated carbocycles. The Labute approximate surface area is 66.9 Å². The number of hydrogen-bond acceptors (Lipinski definition) is 2. The molecular weight excluding hydrogens is 140 g/mol. The first-order chi connectivity index (χ1) is 5.09. The molecule has 0 fully saturated rings. The molecule has 1 aliphatic rings. The third kappa shape index (κ3) is 1.36. The van der Waals surface area contributed by atoms with Crippen LogP contribution in [0, 0.1) is 5.92 Å². The number of hydrogen-bond donors (Lipinski definition) is 1. The van der Waals surface area contributed by atoms with Crippen molar-refractivity contribution < 1.29 is 9.90 Å². The summed E-state index contributed by atoms with van der Waals surface area (Å²) in [5.74, 6) is -0.0596. The predicted molar refractivity (Wildman–Crippen MR) is 43.2 cm³/mol. The highest BCUT2D eigenvalue weighted by Gasteiger charge is 2.37. The minimum Gasteiger partial charge on any atom is -0.382 e. The van der Waals surface area contributed by atoms with Gasteiger partial charge in [0.05, 0.1) is 0 Å². The summed E-state index contributed by atoms with van der Waals surface area (Å²) < 4.78 is 0. The van der Waals surface area contributed by atoms with E-state index in [1.807, 2.05) is 13.0 Å². The predicted octanol–water partition coefficient (Wildman–Crippen LogP) is 1.29. The Balaban J connectivity index is 2.86. The summed E-state index contributed by atoms with van der Waals surface area (Å²) in [6.07, 6.45) is 4.99. The summed E-state index contributed by atoms with van der Waals surface area (Å²) in [7, 11) is 0. The molecule has 0 aliphatic heterocycles. The molecule has 1 N–H and O–H groups in total. The van der Waals surface area contributed by atoms with Gasteiger partial charge in [-0.3, -0.25) is 4.79 Å². The summed E-state index contributed by atoms with van der Waals surface area (Å²) in [5.41, 5.74) is -1.12. The van der Waals surface area contributed by atoms with E-state index >= 15 is 0 Å². The van der Waals surface area contributed by atoms with Crippen LogP contribution in [0.15, 0.2) is 12.2 Å². The van der Waals surface area contributed by atoms with E-state index in [2.05, 4.69) is 0 Å². The molecule has 2 nitrogen and oxygen atoms in total. The number of rotatable bonds is 1. The number of carbonyl (C=O) groups is 1. The Bertz CT molecular complexity index is 192. The molecule has 1 aliphatic carbocycles. The average Bonchev–Trinajstić information content (AvgIpc) is 1.95. The van der Waals surface area contributed by atoms with Crippen molar-refractivity contribution >= 4 is 5.78 Å². The Kier molecular flexibility index (Phi) is 2.14. The largest absolute Gasteiger partial charge is 0.382 e. The van der Waals surface area contributed by atoms with Crippen LogP contribution in [0.5, 0.6) is 0 Å². The normalized spacial score (nSPS) is 37.7. The van der Waals surface area contributed by atoms with Crippen molar-refractivity contribution in [3.8, 4) is 0 Å². The smallest absolute Gasteiger partial charge is 0.186 e. The van der Waals surface area contributed by atoms with Gasteiger partial charge in [-0.05, 0) is 31.8 Å². The van der Waals surface area contributed by atoms with Gasteiger partial charge in [-0.1, -0.05) is 13.0 Å². The zero-order valence-electron chi connectivity index (χ0n) is 7.00. The summed E-state index contributed by atoms with van der Waals surface area (Å²) in [6, 6.07) is 0. The molecule has 0 bridgehead atoms. The molecule has 0 heterocycles. The molecule has 62 valence electrons. The summed E-state index contributed by atoms with van der Waals surface area (Å²) in [6.45, 7) is 3.60. The van der Waals surface area contributed by atoms with E-state index in [1.165, 1.54) is 6.08 Å². The topological polar surface area (TPSA) is 37.3 Å². The van der Waals surface area contributed by atoms with Crippen LogP contribution >= 0.6 is 0 Å². The first-order valence-corrected chi connectivity index (χ1v) is 4.02. The summed E-state index contributed by atoms with van der Waals surface area (Å²) >= 11 is 0. The number of allylic oxidation sites excluding steroid dienone is 1. The van der Waals surface area contributed by atoms with Crippen LogP contribution in [0.25, 0.3) is 0 Å². The number of aliphatic hydroxyl groups is 1. The van der Waals surface area contributed by atoms with Crippen LogP contribution in [0.3, 0.4) is 0 Å². The molecule has 0 saturated heterocycles. The van der Waals surface area contributed by atoms with Gasteiger partial charge in [-0.25, -0.2) is 0 Å². The average molecular weight is 154 g/mol. The van der Waals surface area contributed by atoms with Gasteiger partial charge < -0.3 is 5.11 Å². The fourth-order valence-corrected chi connectivity index (χ4v) is 1.50. The van der Waals surface area contributed by atoms with Crippen molar-refractivity contribution in [3.05, 3.63) is 12.2 Å². The quantitative estimate of drug-likeness (QED) is 0.618. The highest BCUT2D eigenvalue weighted by molar-refractivity contribution is 5.97. The lowest BCUT2D eigenvalue weighted by atomic mass is 9.78. The lowest BCUT2D eigenvalue weighted by molar-refractivity contribution is -0.136. The van der Waals surface area contributed by atoms with Gasteiger partial charge in [0.25, 0.3) is 0 Å². The van der Waals surface area contributed by atoms with E-state index in [9.17, 15) is 9.90 Å². The molecule has 0 aromatic carbocycles.